The SMILES string of the molecule is O=C(CC(c1ccccc1)[B-](F)(F)F)NC1CCCCC1.[K+]. The Morgan fingerprint density at radius 2 is 1.73 bits per heavy atom. The topological polar surface area (TPSA) is 29.1 Å². The first-order valence-corrected chi connectivity index (χ1v) is 7.51. The number of hydrogen-bond donors (Lipinski definition) is 1. The Bertz CT molecular complexity index is 464. The third-order valence-corrected chi connectivity index (χ3v) is 4.06. The summed E-state index contributed by atoms with van der Waals surface area (Å²) in [4.78, 5) is 11.9. The van der Waals surface area contributed by atoms with Crippen LogP contribution in [0.3, 0.4) is 0 Å². The van der Waals surface area contributed by atoms with Crippen molar-refractivity contribution >= 4 is 12.9 Å². The average molecular weight is 337 g/mol. The van der Waals surface area contributed by atoms with Crippen LogP contribution in [0.1, 0.15) is 49.9 Å². The van der Waals surface area contributed by atoms with Gasteiger partial charge in [-0.05, 0) is 18.7 Å². The van der Waals surface area contributed by atoms with E-state index < -0.39 is 25.1 Å². The van der Waals surface area contributed by atoms with Crippen molar-refractivity contribution in [3.63, 3.8) is 0 Å². The van der Waals surface area contributed by atoms with Crippen molar-refractivity contribution < 1.29 is 69.1 Å². The van der Waals surface area contributed by atoms with Crippen LogP contribution in [0, 0.1) is 0 Å². The number of carbonyl (C=O) groups excluding carboxylic acids is 1. The summed E-state index contributed by atoms with van der Waals surface area (Å²) in [7, 11) is 0. The second-order valence-corrected chi connectivity index (χ2v) is 5.75. The van der Waals surface area contributed by atoms with Crippen molar-refractivity contribution in [2.24, 2.45) is 0 Å². The largest absolute Gasteiger partial charge is 1.00 e. The van der Waals surface area contributed by atoms with Crippen LogP contribution in [0.2, 0.25) is 0 Å². The van der Waals surface area contributed by atoms with Gasteiger partial charge in [-0.1, -0.05) is 55.2 Å². The molecule has 0 aliphatic heterocycles. The normalized spacial score (nSPS) is 17.4. The standard InChI is InChI=1S/C15H20BF3NO.K/c17-16(18,19)14(12-7-3-1-4-8-12)11-15(21)20-13-9-5-2-6-10-13;/h1,3-4,7-8,13-14H,2,5-6,9-11H2,(H,20,21);/q-1;+1. The van der Waals surface area contributed by atoms with Gasteiger partial charge in [0.15, 0.2) is 0 Å². The van der Waals surface area contributed by atoms with Crippen molar-refractivity contribution in [2.45, 2.75) is 50.4 Å². The third-order valence-electron chi connectivity index (χ3n) is 4.06. The maximum absolute atomic E-state index is 13.2. The summed E-state index contributed by atoms with van der Waals surface area (Å²) in [6.07, 6.45) is 4.46. The van der Waals surface area contributed by atoms with E-state index in [0.717, 1.165) is 32.1 Å². The predicted molar refractivity (Wildman–Crippen MR) is 77.9 cm³/mol. The van der Waals surface area contributed by atoms with E-state index in [4.69, 9.17) is 0 Å². The molecule has 0 aromatic heterocycles. The summed E-state index contributed by atoms with van der Waals surface area (Å²) in [5.41, 5.74) is 0.170. The van der Waals surface area contributed by atoms with Crippen LogP contribution in [0.25, 0.3) is 0 Å². The summed E-state index contributed by atoms with van der Waals surface area (Å²) in [6, 6.07) is 7.74. The third kappa shape index (κ3) is 6.36. The number of amides is 1. The molecule has 1 aliphatic rings. The molecule has 1 amide bonds. The van der Waals surface area contributed by atoms with E-state index >= 15 is 0 Å². The van der Waals surface area contributed by atoms with Gasteiger partial charge in [-0.3, -0.25) is 4.79 Å². The number of rotatable bonds is 5. The maximum atomic E-state index is 13.2. The molecule has 0 heterocycles. The van der Waals surface area contributed by atoms with Crippen molar-refractivity contribution in [3.05, 3.63) is 35.9 Å². The fraction of sp³-hybridized carbons (Fsp3) is 0.533. The quantitative estimate of drug-likeness (QED) is 0.798. The Hall–Kier alpha value is 0.181. The van der Waals surface area contributed by atoms with E-state index in [-0.39, 0.29) is 63.0 Å². The molecule has 2 rings (SSSR count). The first kappa shape index (κ1) is 20.2. The molecule has 22 heavy (non-hydrogen) atoms. The van der Waals surface area contributed by atoms with Crippen molar-refractivity contribution in [1.82, 2.24) is 5.32 Å². The first-order valence-electron chi connectivity index (χ1n) is 7.51. The zero-order valence-corrected chi connectivity index (χ0v) is 16.0. The molecule has 116 valence electrons. The molecule has 1 saturated carbocycles. The van der Waals surface area contributed by atoms with E-state index in [0.29, 0.717) is 0 Å². The maximum Gasteiger partial charge on any atom is 1.00 e. The number of benzene rings is 1. The van der Waals surface area contributed by atoms with E-state index in [1.807, 2.05) is 0 Å². The van der Waals surface area contributed by atoms with Crippen LogP contribution in [0.5, 0.6) is 0 Å². The van der Waals surface area contributed by atoms with Crippen LogP contribution in [0.4, 0.5) is 12.9 Å². The van der Waals surface area contributed by atoms with Gasteiger partial charge in [-0.25, -0.2) is 0 Å². The number of nitrogens with one attached hydrogen (secondary N) is 1. The van der Waals surface area contributed by atoms with Gasteiger partial charge in [-0.2, -0.15) is 0 Å². The zero-order chi connectivity index (χ0) is 15.3. The molecule has 1 N–H and O–H groups in total. The second-order valence-electron chi connectivity index (χ2n) is 5.75. The smallest absolute Gasteiger partial charge is 0.448 e. The van der Waals surface area contributed by atoms with E-state index in [9.17, 15) is 17.7 Å². The van der Waals surface area contributed by atoms with Crippen LogP contribution < -0.4 is 56.7 Å². The van der Waals surface area contributed by atoms with Gasteiger partial charge < -0.3 is 18.3 Å². The second kappa shape index (κ2) is 9.47. The molecule has 1 atom stereocenters. The minimum Gasteiger partial charge on any atom is -0.448 e. The minimum atomic E-state index is -5.09. The van der Waals surface area contributed by atoms with Gasteiger partial charge in [0.2, 0.25) is 5.91 Å². The average Bonchev–Trinajstić information content (AvgIpc) is 2.45. The fourth-order valence-corrected chi connectivity index (χ4v) is 2.90. The Balaban J connectivity index is 0.00000242. The van der Waals surface area contributed by atoms with Gasteiger partial charge in [0, 0.05) is 12.5 Å². The summed E-state index contributed by atoms with van der Waals surface area (Å²) in [5.74, 6) is -2.16. The molecule has 1 unspecified atom stereocenters. The summed E-state index contributed by atoms with van der Waals surface area (Å²) < 4.78 is 39.7. The minimum absolute atomic E-state index is 0. The molecular weight excluding hydrogens is 317 g/mol. The van der Waals surface area contributed by atoms with Crippen molar-refractivity contribution in [2.75, 3.05) is 0 Å². The van der Waals surface area contributed by atoms with Crippen LogP contribution in [-0.2, 0) is 4.79 Å². The Morgan fingerprint density at radius 3 is 2.27 bits per heavy atom. The summed E-state index contributed by atoms with van der Waals surface area (Å²) >= 11 is 0. The number of halogens is 3. The van der Waals surface area contributed by atoms with Gasteiger partial charge in [0.25, 0.3) is 0 Å². The number of hydrogen-bond acceptors (Lipinski definition) is 1. The van der Waals surface area contributed by atoms with Crippen molar-refractivity contribution in [3.8, 4) is 0 Å². The van der Waals surface area contributed by atoms with Gasteiger partial charge in [0.1, 0.15) is 0 Å². The molecule has 1 fully saturated rings. The zero-order valence-electron chi connectivity index (χ0n) is 12.9. The summed E-state index contributed by atoms with van der Waals surface area (Å²) in [5, 5.41) is 2.76. The fourth-order valence-electron chi connectivity index (χ4n) is 2.90. The molecule has 0 spiro atoms. The van der Waals surface area contributed by atoms with E-state index in [2.05, 4.69) is 5.32 Å². The van der Waals surface area contributed by atoms with Crippen LogP contribution in [-0.4, -0.2) is 18.9 Å². The molecule has 1 aromatic carbocycles. The van der Waals surface area contributed by atoms with E-state index in [1.165, 1.54) is 12.1 Å². The van der Waals surface area contributed by atoms with Gasteiger partial charge >= 0.3 is 58.4 Å². The molecule has 0 radical (unpaired) electrons. The summed E-state index contributed by atoms with van der Waals surface area (Å²) in [6.45, 7) is -5.09. The Morgan fingerprint density at radius 1 is 1.14 bits per heavy atom. The molecule has 0 bridgehead atoms. The van der Waals surface area contributed by atoms with Crippen LogP contribution in [0.15, 0.2) is 30.3 Å². The number of carbonyl (C=O) groups is 1. The van der Waals surface area contributed by atoms with Gasteiger partial charge in [0.05, 0.1) is 0 Å². The molecule has 0 saturated heterocycles. The Kier molecular flexibility index (Phi) is 8.71. The van der Waals surface area contributed by atoms with E-state index in [1.54, 1.807) is 18.2 Å². The van der Waals surface area contributed by atoms with Crippen LogP contribution >= 0.6 is 0 Å². The molecule has 1 aliphatic carbocycles. The molecular formula is C15H20BF3KNO. The molecule has 1 aromatic rings. The van der Waals surface area contributed by atoms with Gasteiger partial charge in [-0.15, -0.1) is 0 Å². The molecule has 7 heteroatoms. The van der Waals surface area contributed by atoms with Crippen molar-refractivity contribution in [1.29, 1.82) is 0 Å². The Labute approximate surface area is 172 Å². The monoisotopic (exact) mass is 337 g/mol. The predicted octanol–water partition coefficient (Wildman–Crippen LogP) is 1.000. The first-order chi connectivity index (χ1) is 9.97. The molecule has 2 nitrogen and oxygen atoms in total.